The number of aliphatic carboxylic acids is 1. The Morgan fingerprint density at radius 1 is 1.26 bits per heavy atom. The van der Waals surface area contributed by atoms with Crippen LogP contribution >= 0.6 is 0 Å². The van der Waals surface area contributed by atoms with Crippen LogP contribution in [0.1, 0.15) is 12.8 Å². The lowest BCUT2D eigenvalue weighted by Gasteiger charge is -2.19. The predicted molar refractivity (Wildman–Crippen MR) is 62.4 cm³/mol. The number of rotatable bonds is 3. The van der Waals surface area contributed by atoms with Crippen molar-refractivity contribution in [3.8, 4) is 5.75 Å². The first-order valence-corrected chi connectivity index (χ1v) is 5.44. The van der Waals surface area contributed by atoms with Gasteiger partial charge in [-0.25, -0.2) is 4.90 Å². The summed E-state index contributed by atoms with van der Waals surface area (Å²) in [6.45, 7) is 0. The highest BCUT2D eigenvalue weighted by Gasteiger charge is 2.52. The first-order valence-electron chi connectivity index (χ1n) is 5.44. The zero-order valence-electron chi connectivity index (χ0n) is 9.74. The minimum atomic E-state index is -2.21. The summed E-state index contributed by atoms with van der Waals surface area (Å²) in [5, 5.41) is 27.7. The highest BCUT2D eigenvalue weighted by Crippen LogP contribution is 2.32. The summed E-state index contributed by atoms with van der Waals surface area (Å²) in [5.41, 5.74) is -2.03. The summed E-state index contributed by atoms with van der Waals surface area (Å²) < 4.78 is 0. The second-order valence-corrected chi connectivity index (χ2v) is 4.33. The number of carboxylic acids is 1. The van der Waals surface area contributed by atoms with Gasteiger partial charge in [-0.15, -0.1) is 0 Å². The van der Waals surface area contributed by atoms with Crippen molar-refractivity contribution < 1.29 is 29.7 Å². The molecule has 7 heteroatoms. The van der Waals surface area contributed by atoms with Crippen molar-refractivity contribution in [3.63, 3.8) is 0 Å². The third-order valence-electron chi connectivity index (χ3n) is 2.85. The van der Waals surface area contributed by atoms with E-state index in [1.165, 1.54) is 24.3 Å². The predicted octanol–water partition coefficient (Wildman–Crippen LogP) is -0.139. The second kappa shape index (κ2) is 4.36. The Bertz CT molecular complexity index is 552. The van der Waals surface area contributed by atoms with Gasteiger partial charge in [-0.2, -0.15) is 0 Å². The third-order valence-corrected chi connectivity index (χ3v) is 2.85. The minimum absolute atomic E-state index is 0.0383. The molecule has 1 aliphatic rings. The molecule has 1 aromatic carbocycles. The van der Waals surface area contributed by atoms with Gasteiger partial charge in [0.25, 0.3) is 5.91 Å². The van der Waals surface area contributed by atoms with Crippen molar-refractivity contribution in [2.24, 2.45) is 0 Å². The largest absolute Gasteiger partial charge is 0.508 e. The van der Waals surface area contributed by atoms with Crippen LogP contribution in [0.2, 0.25) is 0 Å². The van der Waals surface area contributed by atoms with E-state index in [4.69, 9.17) is 10.2 Å². The molecule has 0 aliphatic carbocycles. The number of hydrogen-bond donors (Lipinski definition) is 3. The van der Waals surface area contributed by atoms with E-state index in [9.17, 15) is 19.5 Å². The molecular formula is C12H11NO6. The summed E-state index contributed by atoms with van der Waals surface area (Å²) in [6.07, 6.45) is -1.40. The molecule has 7 nitrogen and oxygen atoms in total. The zero-order chi connectivity index (χ0) is 14.2. The van der Waals surface area contributed by atoms with Crippen LogP contribution in [0.3, 0.4) is 0 Å². The molecular weight excluding hydrogens is 254 g/mol. The van der Waals surface area contributed by atoms with Crippen molar-refractivity contribution in [3.05, 3.63) is 24.3 Å². The number of aromatic hydroxyl groups is 1. The van der Waals surface area contributed by atoms with E-state index in [0.717, 1.165) is 4.90 Å². The highest BCUT2D eigenvalue weighted by molar-refractivity contribution is 6.24. The lowest BCUT2D eigenvalue weighted by Crippen LogP contribution is -2.42. The van der Waals surface area contributed by atoms with Gasteiger partial charge < -0.3 is 15.3 Å². The summed E-state index contributed by atoms with van der Waals surface area (Å²) >= 11 is 0. The van der Waals surface area contributed by atoms with E-state index in [2.05, 4.69) is 0 Å². The van der Waals surface area contributed by atoms with Gasteiger partial charge in [-0.05, 0) is 24.3 Å². The quantitative estimate of drug-likeness (QED) is 0.655. The Hall–Kier alpha value is -2.41. The van der Waals surface area contributed by atoms with Gasteiger partial charge >= 0.3 is 5.97 Å². The van der Waals surface area contributed by atoms with Gasteiger partial charge in [0, 0.05) is 0 Å². The molecule has 19 heavy (non-hydrogen) atoms. The van der Waals surface area contributed by atoms with Gasteiger partial charge in [0.2, 0.25) is 5.91 Å². The molecule has 1 fully saturated rings. The molecule has 0 saturated carbocycles. The van der Waals surface area contributed by atoms with Gasteiger partial charge in [0.15, 0.2) is 5.60 Å². The number of aliphatic hydroxyl groups is 1. The number of anilines is 1. The molecule has 3 N–H and O–H groups in total. The summed E-state index contributed by atoms with van der Waals surface area (Å²) in [4.78, 5) is 35.1. The fourth-order valence-electron chi connectivity index (χ4n) is 1.98. The van der Waals surface area contributed by atoms with Gasteiger partial charge in [-0.1, -0.05) is 0 Å². The van der Waals surface area contributed by atoms with Crippen LogP contribution in [0.4, 0.5) is 5.69 Å². The zero-order valence-corrected chi connectivity index (χ0v) is 9.74. The number of phenolic OH excluding ortho intramolecular Hbond substituents is 1. The first-order chi connectivity index (χ1) is 8.83. The summed E-state index contributed by atoms with van der Waals surface area (Å²) in [5.74, 6) is -3.05. The standard InChI is InChI=1S/C12H11NO6/c14-8-3-1-7(2-4-8)13-9(15)5-12(19,11(13)18)6-10(16)17/h1-4,14,19H,5-6H2,(H,16,17). The number of hydrogen-bond acceptors (Lipinski definition) is 5. The molecule has 1 unspecified atom stereocenters. The van der Waals surface area contributed by atoms with E-state index in [1.54, 1.807) is 0 Å². The normalized spacial score (nSPS) is 22.9. The topological polar surface area (TPSA) is 115 Å². The molecule has 2 rings (SSSR count). The van der Waals surface area contributed by atoms with Gasteiger partial charge in [0.1, 0.15) is 5.75 Å². The number of benzene rings is 1. The van der Waals surface area contributed by atoms with Crippen LogP contribution in [0.25, 0.3) is 0 Å². The van der Waals surface area contributed by atoms with Crippen LogP contribution < -0.4 is 4.90 Å². The number of phenols is 1. The number of nitrogens with zero attached hydrogens (tertiary/aromatic N) is 1. The van der Waals surface area contributed by atoms with E-state index >= 15 is 0 Å². The van der Waals surface area contributed by atoms with E-state index in [-0.39, 0.29) is 11.4 Å². The van der Waals surface area contributed by atoms with E-state index in [1.807, 2.05) is 0 Å². The smallest absolute Gasteiger partial charge is 0.306 e. The number of carbonyl (C=O) groups excluding carboxylic acids is 2. The average molecular weight is 265 g/mol. The molecule has 1 aromatic rings. The number of imide groups is 1. The Morgan fingerprint density at radius 3 is 2.37 bits per heavy atom. The monoisotopic (exact) mass is 265 g/mol. The Morgan fingerprint density at radius 2 is 1.84 bits per heavy atom. The molecule has 2 amide bonds. The van der Waals surface area contributed by atoms with Gasteiger partial charge in [0.05, 0.1) is 18.5 Å². The maximum Gasteiger partial charge on any atom is 0.306 e. The van der Waals surface area contributed by atoms with Crippen LogP contribution in [0, 0.1) is 0 Å². The van der Waals surface area contributed by atoms with Crippen LogP contribution in [0.5, 0.6) is 5.75 Å². The van der Waals surface area contributed by atoms with E-state index in [0.29, 0.717) is 0 Å². The molecule has 0 spiro atoms. The summed E-state index contributed by atoms with van der Waals surface area (Å²) in [7, 11) is 0. The van der Waals surface area contributed by atoms with Crippen molar-refractivity contribution in [1.29, 1.82) is 0 Å². The molecule has 100 valence electrons. The maximum absolute atomic E-state index is 12.0. The van der Waals surface area contributed by atoms with Crippen LogP contribution in [0.15, 0.2) is 24.3 Å². The molecule has 1 aliphatic heterocycles. The number of amides is 2. The van der Waals surface area contributed by atoms with E-state index < -0.39 is 36.2 Å². The highest BCUT2D eigenvalue weighted by atomic mass is 16.4. The third kappa shape index (κ3) is 2.27. The molecule has 1 saturated heterocycles. The SMILES string of the molecule is O=C(O)CC1(O)CC(=O)N(c2ccc(O)cc2)C1=O. The van der Waals surface area contributed by atoms with Crippen molar-refractivity contribution in [2.45, 2.75) is 18.4 Å². The number of carbonyl (C=O) groups is 3. The fraction of sp³-hybridized carbons (Fsp3) is 0.250. The van der Waals surface area contributed by atoms with Crippen molar-refractivity contribution in [2.75, 3.05) is 4.90 Å². The second-order valence-electron chi connectivity index (χ2n) is 4.33. The van der Waals surface area contributed by atoms with Gasteiger partial charge in [-0.3, -0.25) is 14.4 Å². The van der Waals surface area contributed by atoms with Crippen LogP contribution in [-0.4, -0.2) is 38.7 Å². The molecule has 1 atom stereocenters. The molecule has 0 aromatic heterocycles. The van der Waals surface area contributed by atoms with Crippen molar-refractivity contribution in [1.82, 2.24) is 0 Å². The molecule has 1 heterocycles. The lowest BCUT2D eigenvalue weighted by atomic mass is 9.98. The maximum atomic E-state index is 12.0. The summed E-state index contributed by atoms with van der Waals surface area (Å²) in [6, 6.07) is 5.23. The Kier molecular flexibility index (Phi) is 2.99. The van der Waals surface area contributed by atoms with Crippen LogP contribution in [-0.2, 0) is 14.4 Å². The first kappa shape index (κ1) is 13.0. The Labute approximate surface area is 107 Å². The number of carboxylic acid groups (broad SMARTS) is 1. The molecule has 0 bridgehead atoms. The average Bonchev–Trinajstić information content (AvgIpc) is 2.50. The fourth-order valence-corrected chi connectivity index (χ4v) is 1.98. The lowest BCUT2D eigenvalue weighted by molar-refractivity contribution is -0.148. The van der Waals surface area contributed by atoms with Crippen molar-refractivity contribution >= 4 is 23.5 Å². The minimum Gasteiger partial charge on any atom is -0.508 e. The Balaban J connectivity index is 2.33. The molecule has 0 radical (unpaired) electrons.